The summed E-state index contributed by atoms with van der Waals surface area (Å²) >= 11 is 6.48. The number of rotatable bonds is 8. The van der Waals surface area contributed by atoms with Gasteiger partial charge in [0, 0.05) is 23.3 Å². The Bertz CT molecular complexity index is 1050. The Hall–Kier alpha value is -3.18. The van der Waals surface area contributed by atoms with Crippen LogP contribution >= 0.6 is 11.6 Å². The molecular weight excluding hydrogens is 402 g/mol. The summed E-state index contributed by atoms with van der Waals surface area (Å²) in [5, 5.41) is 12.9. The number of carboxylic acids is 1. The van der Waals surface area contributed by atoms with Crippen molar-refractivity contribution in [2.24, 2.45) is 0 Å². The van der Waals surface area contributed by atoms with Crippen molar-refractivity contribution in [3.05, 3.63) is 87.4 Å². The van der Waals surface area contributed by atoms with Gasteiger partial charge in [0.05, 0.1) is 12.7 Å². The maximum Gasteiger partial charge on any atom is 0.335 e. The van der Waals surface area contributed by atoms with Crippen LogP contribution in [-0.2, 0) is 13.2 Å². The molecule has 0 amide bonds. The minimum absolute atomic E-state index is 0.257. The summed E-state index contributed by atoms with van der Waals surface area (Å²) in [5.74, 6) is 0.230. The molecule has 0 aliphatic heterocycles. The molecule has 0 radical (unpaired) electrons. The van der Waals surface area contributed by atoms with Crippen molar-refractivity contribution < 1.29 is 19.4 Å². The zero-order valence-electron chi connectivity index (χ0n) is 17.2. The van der Waals surface area contributed by atoms with Gasteiger partial charge in [0.15, 0.2) is 11.5 Å². The molecule has 3 aromatic rings. The third kappa shape index (κ3) is 5.24. The Labute approximate surface area is 181 Å². The van der Waals surface area contributed by atoms with Gasteiger partial charge >= 0.3 is 5.97 Å². The van der Waals surface area contributed by atoms with E-state index in [1.54, 1.807) is 31.4 Å². The molecule has 0 unspecified atom stereocenters. The molecule has 0 saturated heterocycles. The molecule has 156 valence electrons. The number of benzene rings is 3. The highest BCUT2D eigenvalue weighted by atomic mass is 35.5. The molecule has 30 heavy (non-hydrogen) atoms. The molecule has 6 heteroatoms. The van der Waals surface area contributed by atoms with E-state index < -0.39 is 5.97 Å². The summed E-state index contributed by atoms with van der Waals surface area (Å²) in [6.45, 7) is 4.78. The summed E-state index contributed by atoms with van der Waals surface area (Å²) in [6.07, 6.45) is 0. The molecule has 2 N–H and O–H groups in total. The number of halogens is 1. The molecule has 0 fully saturated rings. The summed E-state index contributed by atoms with van der Waals surface area (Å²) < 4.78 is 11.4. The van der Waals surface area contributed by atoms with Crippen LogP contribution in [0.25, 0.3) is 0 Å². The lowest BCUT2D eigenvalue weighted by Gasteiger charge is -2.15. The minimum Gasteiger partial charge on any atom is -0.493 e. The molecule has 0 atom stereocenters. The molecule has 0 aliphatic rings. The molecule has 3 aromatic carbocycles. The minimum atomic E-state index is -0.946. The van der Waals surface area contributed by atoms with Crippen molar-refractivity contribution in [3.63, 3.8) is 0 Å². The van der Waals surface area contributed by atoms with Gasteiger partial charge in [-0.2, -0.15) is 0 Å². The standard InChI is InChI=1S/C24H24ClNO4/c1-15-4-6-17(7-5-15)14-30-23-12-20(25)19(11-22(23)29-3)13-26-21-9-8-18(24(27)28)10-16(21)2/h4-12,26H,13-14H2,1-3H3,(H,27,28). The molecule has 0 aliphatic carbocycles. The lowest BCUT2D eigenvalue weighted by Crippen LogP contribution is -2.05. The van der Waals surface area contributed by atoms with Crippen molar-refractivity contribution in [3.8, 4) is 11.5 Å². The van der Waals surface area contributed by atoms with Crippen molar-refractivity contribution in [1.82, 2.24) is 0 Å². The third-order valence-corrected chi connectivity index (χ3v) is 5.14. The van der Waals surface area contributed by atoms with E-state index in [1.165, 1.54) is 5.56 Å². The molecule has 0 saturated carbocycles. The monoisotopic (exact) mass is 425 g/mol. The number of aryl methyl sites for hydroxylation is 2. The fourth-order valence-electron chi connectivity index (χ4n) is 3.02. The largest absolute Gasteiger partial charge is 0.493 e. The van der Waals surface area contributed by atoms with E-state index in [2.05, 4.69) is 5.32 Å². The lowest BCUT2D eigenvalue weighted by atomic mass is 10.1. The van der Waals surface area contributed by atoms with Gasteiger partial charge in [0.25, 0.3) is 0 Å². The third-order valence-electron chi connectivity index (χ3n) is 4.79. The molecular formula is C24H24ClNO4. The second-order valence-electron chi connectivity index (χ2n) is 7.06. The van der Waals surface area contributed by atoms with Crippen LogP contribution in [-0.4, -0.2) is 18.2 Å². The normalized spacial score (nSPS) is 10.5. The highest BCUT2D eigenvalue weighted by molar-refractivity contribution is 6.31. The second kappa shape index (κ2) is 9.55. The number of methoxy groups -OCH3 is 1. The Morgan fingerprint density at radius 1 is 1.03 bits per heavy atom. The van der Waals surface area contributed by atoms with Crippen LogP contribution in [0.1, 0.15) is 32.6 Å². The van der Waals surface area contributed by atoms with Crippen molar-refractivity contribution in [1.29, 1.82) is 0 Å². The molecule has 0 heterocycles. The Morgan fingerprint density at radius 2 is 1.77 bits per heavy atom. The van der Waals surface area contributed by atoms with Crippen LogP contribution < -0.4 is 14.8 Å². The maximum atomic E-state index is 11.1. The number of aromatic carboxylic acids is 1. The van der Waals surface area contributed by atoms with Gasteiger partial charge in [-0.25, -0.2) is 4.79 Å². The summed E-state index contributed by atoms with van der Waals surface area (Å²) in [5.41, 5.74) is 5.05. The SMILES string of the molecule is COc1cc(CNc2ccc(C(=O)O)cc2C)c(Cl)cc1OCc1ccc(C)cc1. The number of anilines is 1. The van der Waals surface area contributed by atoms with E-state index in [9.17, 15) is 4.79 Å². The van der Waals surface area contributed by atoms with Gasteiger partial charge in [-0.1, -0.05) is 41.4 Å². The summed E-state index contributed by atoms with van der Waals surface area (Å²) in [7, 11) is 1.59. The predicted octanol–water partition coefficient (Wildman–Crippen LogP) is 5.85. The van der Waals surface area contributed by atoms with Crippen LogP contribution in [0.15, 0.2) is 54.6 Å². The van der Waals surface area contributed by atoms with Crippen LogP contribution in [0.5, 0.6) is 11.5 Å². The summed E-state index contributed by atoms with van der Waals surface area (Å²) in [4.78, 5) is 11.1. The lowest BCUT2D eigenvalue weighted by molar-refractivity contribution is 0.0697. The smallest absolute Gasteiger partial charge is 0.335 e. The molecule has 0 aromatic heterocycles. The molecule has 3 rings (SSSR count). The average molecular weight is 426 g/mol. The first-order chi connectivity index (χ1) is 14.4. The van der Waals surface area contributed by atoms with Crippen LogP contribution in [0.3, 0.4) is 0 Å². The van der Waals surface area contributed by atoms with Crippen LogP contribution in [0, 0.1) is 13.8 Å². The zero-order valence-corrected chi connectivity index (χ0v) is 17.9. The molecule has 0 spiro atoms. The Kier molecular flexibility index (Phi) is 6.85. The first-order valence-electron chi connectivity index (χ1n) is 9.50. The second-order valence-corrected chi connectivity index (χ2v) is 7.46. The van der Waals surface area contributed by atoms with E-state index in [4.69, 9.17) is 26.2 Å². The first kappa shape index (κ1) is 21.5. The van der Waals surface area contributed by atoms with Crippen molar-refractivity contribution in [2.75, 3.05) is 12.4 Å². The number of hydrogen-bond acceptors (Lipinski definition) is 4. The van der Waals surface area contributed by atoms with E-state index in [1.807, 2.05) is 44.2 Å². The van der Waals surface area contributed by atoms with E-state index in [0.717, 1.165) is 22.4 Å². The predicted molar refractivity (Wildman–Crippen MR) is 119 cm³/mol. The first-order valence-corrected chi connectivity index (χ1v) is 9.87. The fourth-order valence-corrected chi connectivity index (χ4v) is 3.24. The van der Waals surface area contributed by atoms with Gasteiger partial charge in [-0.05, 0) is 54.8 Å². The van der Waals surface area contributed by atoms with Gasteiger partial charge in [-0.3, -0.25) is 0 Å². The number of hydrogen-bond donors (Lipinski definition) is 2. The number of nitrogens with one attached hydrogen (secondary N) is 1. The zero-order chi connectivity index (χ0) is 21.7. The Morgan fingerprint density at radius 3 is 2.40 bits per heavy atom. The highest BCUT2D eigenvalue weighted by Crippen LogP contribution is 2.34. The molecule has 5 nitrogen and oxygen atoms in total. The van der Waals surface area contributed by atoms with Gasteiger partial charge in [0.1, 0.15) is 6.61 Å². The van der Waals surface area contributed by atoms with Gasteiger partial charge in [0.2, 0.25) is 0 Å². The van der Waals surface area contributed by atoms with Crippen LogP contribution in [0.2, 0.25) is 5.02 Å². The topological polar surface area (TPSA) is 67.8 Å². The van der Waals surface area contributed by atoms with Crippen molar-refractivity contribution >= 4 is 23.3 Å². The highest BCUT2D eigenvalue weighted by Gasteiger charge is 2.12. The number of carboxylic acid groups (broad SMARTS) is 1. The number of carbonyl (C=O) groups is 1. The van der Waals surface area contributed by atoms with Gasteiger partial charge < -0.3 is 19.9 Å². The summed E-state index contributed by atoms with van der Waals surface area (Å²) in [6, 6.07) is 16.7. The van der Waals surface area contributed by atoms with E-state index in [-0.39, 0.29) is 5.56 Å². The average Bonchev–Trinajstić information content (AvgIpc) is 2.73. The van der Waals surface area contributed by atoms with E-state index >= 15 is 0 Å². The van der Waals surface area contributed by atoms with Gasteiger partial charge in [-0.15, -0.1) is 0 Å². The quantitative estimate of drug-likeness (QED) is 0.473. The van der Waals surface area contributed by atoms with E-state index in [0.29, 0.717) is 29.7 Å². The number of ether oxygens (including phenoxy) is 2. The molecule has 0 bridgehead atoms. The van der Waals surface area contributed by atoms with Crippen LogP contribution in [0.4, 0.5) is 5.69 Å². The van der Waals surface area contributed by atoms with Crippen molar-refractivity contribution in [2.45, 2.75) is 27.0 Å². The fraction of sp³-hybridized carbons (Fsp3) is 0.208. The maximum absolute atomic E-state index is 11.1. The Balaban J connectivity index is 1.72.